The second-order valence-corrected chi connectivity index (χ2v) is 16.7. The van der Waals surface area contributed by atoms with Gasteiger partial charge < -0.3 is 19.3 Å². The number of phosphoric acid groups is 1. The van der Waals surface area contributed by atoms with E-state index in [1.807, 2.05) is 19.0 Å². The average Bonchev–Trinajstić information content (AvgIpc) is 3.12. The van der Waals surface area contributed by atoms with E-state index in [1.165, 1.54) is 141 Å². The number of allylic oxidation sites excluding steroid dienone is 2. The SMILES string of the molecule is CCCCCCCC/C=C\CCCCCCCCCCCC(=O)OCC(COP(=O)(O)OCCN(C)C)OC(=O)CCCCCCCCCCCCC. The van der Waals surface area contributed by atoms with E-state index in [0.29, 0.717) is 19.4 Å². The maximum atomic E-state index is 12.6. The van der Waals surface area contributed by atoms with Gasteiger partial charge in [0.25, 0.3) is 0 Å². The molecule has 0 amide bonds. The molecule has 0 saturated carbocycles. The van der Waals surface area contributed by atoms with Crippen LogP contribution in [0.3, 0.4) is 0 Å². The summed E-state index contributed by atoms with van der Waals surface area (Å²) < 4.78 is 33.4. The summed E-state index contributed by atoms with van der Waals surface area (Å²) >= 11 is 0. The third kappa shape index (κ3) is 40.2. The van der Waals surface area contributed by atoms with Crippen LogP contribution in [0.25, 0.3) is 0 Å². The van der Waals surface area contributed by atoms with Crippen LogP contribution in [0.4, 0.5) is 0 Å². The molecule has 0 aromatic rings. The lowest BCUT2D eigenvalue weighted by Gasteiger charge is -2.20. The van der Waals surface area contributed by atoms with Gasteiger partial charge in [0.1, 0.15) is 6.61 Å². The minimum Gasteiger partial charge on any atom is -0.462 e. The van der Waals surface area contributed by atoms with Gasteiger partial charge in [-0.3, -0.25) is 18.6 Å². The number of hydrogen-bond donors (Lipinski definition) is 1. The minimum absolute atomic E-state index is 0.0102. The zero-order valence-electron chi connectivity index (χ0n) is 35.0. The van der Waals surface area contributed by atoms with E-state index in [9.17, 15) is 19.0 Å². The zero-order chi connectivity index (χ0) is 39.1. The summed E-state index contributed by atoms with van der Waals surface area (Å²) in [7, 11) is -0.702. The van der Waals surface area contributed by atoms with E-state index < -0.39 is 26.5 Å². The largest absolute Gasteiger partial charge is 0.472 e. The third-order valence-corrected chi connectivity index (χ3v) is 10.6. The Balaban J connectivity index is 4.20. The second-order valence-electron chi connectivity index (χ2n) is 15.2. The van der Waals surface area contributed by atoms with Crippen LogP contribution in [0.15, 0.2) is 12.2 Å². The Morgan fingerprint density at radius 2 is 0.962 bits per heavy atom. The number of esters is 2. The number of hydrogen-bond acceptors (Lipinski definition) is 8. The molecular weight excluding hydrogens is 689 g/mol. The number of carbonyl (C=O) groups is 2. The first-order chi connectivity index (χ1) is 25.7. The van der Waals surface area contributed by atoms with Crippen molar-refractivity contribution in [1.29, 1.82) is 0 Å². The van der Waals surface area contributed by atoms with Crippen LogP contribution in [0.1, 0.15) is 206 Å². The smallest absolute Gasteiger partial charge is 0.462 e. The lowest BCUT2D eigenvalue weighted by molar-refractivity contribution is -0.161. The first kappa shape index (κ1) is 51.8. The average molecular weight is 774 g/mol. The predicted octanol–water partition coefficient (Wildman–Crippen LogP) is 12.4. The molecule has 2 atom stereocenters. The first-order valence-electron chi connectivity index (χ1n) is 22.0. The van der Waals surface area contributed by atoms with Crippen molar-refractivity contribution in [3.8, 4) is 0 Å². The van der Waals surface area contributed by atoms with Gasteiger partial charge in [-0.1, -0.05) is 167 Å². The number of phosphoric ester groups is 1. The number of unbranched alkanes of at least 4 members (excludes halogenated alkanes) is 25. The molecule has 0 saturated heterocycles. The van der Waals surface area contributed by atoms with Crippen LogP contribution in [0.5, 0.6) is 0 Å². The Morgan fingerprint density at radius 1 is 0.566 bits per heavy atom. The molecule has 53 heavy (non-hydrogen) atoms. The van der Waals surface area contributed by atoms with Crippen molar-refractivity contribution in [1.82, 2.24) is 4.90 Å². The second kappa shape index (κ2) is 39.0. The summed E-state index contributed by atoms with van der Waals surface area (Å²) in [6.07, 6.45) is 38.3. The molecule has 0 rings (SSSR count). The minimum atomic E-state index is -4.35. The van der Waals surface area contributed by atoms with Crippen molar-refractivity contribution in [2.24, 2.45) is 0 Å². The van der Waals surface area contributed by atoms with Crippen molar-refractivity contribution in [3.63, 3.8) is 0 Å². The highest BCUT2D eigenvalue weighted by molar-refractivity contribution is 7.47. The van der Waals surface area contributed by atoms with Gasteiger partial charge in [-0.05, 0) is 52.6 Å². The lowest BCUT2D eigenvalue weighted by Crippen LogP contribution is -2.29. The molecule has 2 unspecified atom stereocenters. The molecule has 9 nitrogen and oxygen atoms in total. The molecule has 0 bridgehead atoms. The molecule has 0 radical (unpaired) electrons. The van der Waals surface area contributed by atoms with Gasteiger partial charge in [0.15, 0.2) is 6.10 Å². The van der Waals surface area contributed by atoms with E-state index in [1.54, 1.807) is 0 Å². The maximum absolute atomic E-state index is 12.6. The molecule has 0 fully saturated rings. The summed E-state index contributed by atoms with van der Waals surface area (Å²) in [5, 5.41) is 0. The number of likely N-dealkylation sites (N-methyl/N-ethyl adjacent to an activating group) is 1. The van der Waals surface area contributed by atoms with Crippen molar-refractivity contribution >= 4 is 19.8 Å². The van der Waals surface area contributed by atoms with Crippen LogP contribution < -0.4 is 0 Å². The monoisotopic (exact) mass is 774 g/mol. The van der Waals surface area contributed by atoms with Crippen LogP contribution >= 0.6 is 7.82 Å². The molecular formula is C43H84NO8P. The van der Waals surface area contributed by atoms with E-state index >= 15 is 0 Å². The van der Waals surface area contributed by atoms with E-state index in [2.05, 4.69) is 26.0 Å². The fourth-order valence-corrected chi connectivity index (χ4v) is 6.89. The van der Waals surface area contributed by atoms with E-state index in [4.69, 9.17) is 18.5 Å². The summed E-state index contributed by atoms with van der Waals surface area (Å²) in [6, 6.07) is 0. The van der Waals surface area contributed by atoms with Crippen molar-refractivity contribution < 1.29 is 37.6 Å². The summed E-state index contributed by atoms with van der Waals surface area (Å²) in [5.41, 5.74) is 0. The highest BCUT2D eigenvalue weighted by atomic mass is 31.2. The molecule has 314 valence electrons. The number of carbonyl (C=O) groups excluding carboxylic acids is 2. The molecule has 0 aliphatic heterocycles. The van der Waals surface area contributed by atoms with E-state index in [0.717, 1.165) is 32.1 Å². The fraction of sp³-hybridized carbons (Fsp3) is 0.907. The Labute approximate surface area is 326 Å². The van der Waals surface area contributed by atoms with Crippen molar-refractivity contribution in [2.45, 2.75) is 213 Å². The Kier molecular flexibility index (Phi) is 38.1. The van der Waals surface area contributed by atoms with E-state index in [-0.39, 0.29) is 25.6 Å². The summed E-state index contributed by atoms with van der Waals surface area (Å²) in [4.78, 5) is 37.0. The molecule has 0 aliphatic carbocycles. The van der Waals surface area contributed by atoms with Gasteiger partial charge in [-0.25, -0.2) is 4.57 Å². The highest BCUT2D eigenvalue weighted by Gasteiger charge is 2.26. The molecule has 0 heterocycles. The van der Waals surface area contributed by atoms with Gasteiger partial charge in [-0.15, -0.1) is 0 Å². The number of nitrogens with zero attached hydrogens (tertiary/aromatic N) is 1. The fourth-order valence-electron chi connectivity index (χ4n) is 6.15. The van der Waals surface area contributed by atoms with Crippen LogP contribution in [0, 0.1) is 0 Å². The maximum Gasteiger partial charge on any atom is 0.472 e. The normalized spacial score (nSPS) is 13.5. The predicted molar refractivity (Wildman–Crippen MR) is 220 cm³/mol. The Morgan fingerprint density at radius 3 is 1.40 bits per heavy atom. The van der Waals surface area contributed by atoms with Gasteiger partial charge in [0.05, 0.1) is 13.2 Å². The number of ether oxygens (including phenoxy) is 2. The van der Waals surface area contributed by atoms with Crippen molar-refractivity contribution in [3.05, 3.63) is 12.2 Å². The molecule has 0 aromatic carbocycles. The van der Waals surface area contributed by atoms with Gasteiger partial charge in [-0.2, -0.15) is 0 Å². The van der Waals surface area contributed by atoms with Crippen LogP contribution in [-0.4, -0.2) is 68.3 Å². The molecule has 10 heteroatoms. The Bertz CT molecular complexity index is 900. The first-order valence-corrected chi connectivity index (χ1v) is 23.5. The topological polar surface area (TPSA) is 112 Å². The van der Waals surface area contributed by atoms with Crippen molar-refractivity contribution in [2.75, 3.05) is 40.5 Å². The third-order valence-electron chi connectivity index (χ3n) is 9.57. The van der Waals surface area contributed by atoms with Crippen LogP contribution in [-0.2, 0) is 32.7 Å². The standard InChI is InChI=1S/C43H84NO8P/c1-5-7-9-11-13-15-17-18-19-20-21-22-23-24-26-27-29-31-33-35-42(45)49-39-41(40-51-53(47,48)50-38-37-44(3)4)52-43(46)36-34-32-30-28-25-16-14-12-10-8-6-2/h18-19,41H,5-17,20-40H2,1-4H3,(H,47,48)/b19-18-. The molecule has 0 aliphatic rings. The van der Waals surface area contributed by atoms with Gasteiger partial charge in [0.2, 0.25) is 0 Å². The number of rotatable bonds is 41. The highest BCUT2D eigenvalue weighted by Crippen LogP contribution is 2.43. The zero-order valence-corrected chi connectivity index (χ0v) is 35.9. The molecule has 0 aromatic heterocycles. The van der Waals surface area contributed by atoms with Gasteiger partial charge >= 0.3 is 19.8 Å². The summed E-state index contributed by atoms with van der Waals surface area (Å²) in [5.74, 6) is -0.797. The summed E-state index contributed by atoms with van der Waals surface area (Å²) in [6.45, 7) is 4.33. The Hall–Kier alpha value is -1.25. The quantitative estimate of drug-likeness (QED) is 0.0281. The van der Waals surface area contributed by atoms with Gasteiger partial charge in [0, 0.05) is 19.4 Å². The van der Waals surface area contributed by atoms with Crippen LogP contribution in [0.2, 0.25) is 0 Å². The lowest BCUT2D eigenvalue weighted by atomic mass is 10.1. The molecule has 1 N–H and O–H groups in total. The molecule has 0 spiro atoms.